The number of nitrogens with zero attached hydrogens (tertiary/aromatic N) is 2. The smallest absolute Gasteiger partial charge is 0.255 e. The summed E-state index contributed by atoms with van der Waals surface area (Å²) in [6.45, 7) is 11.6. The number of rotatable bonds is 7. The lowest BCUT2D eigenvalue weighted by Gasteiger charge is -2.41. The normalized spacial score (nSPS) is 17.8. The van der Waals surface area contributed by atoms with Crippen LogP contribution in [-0.2, 0) is 0 Å². The molecule has 1 saturated carbocycles. The van der Waals surface area contributed by atoms with Crippen LogP contribution in [0.15, 0.2) is 48.5 Å². The van der Waals surface area contributed by atoms with Gasteiger partial charge in [0.25, 0.3) is 5.91 Å². The second-order valence-electron chi connectivity index (χ2n) is 10.8. The number of benzene rings is 2. The van der Waals surface area contributed by atoms with E-state index in [9.17, 15) is 4.79 Å². The molecule has 0 aromatic heterocycles. The fraction of sp³-hybridized carbons (Fsp3) is 0.519. The molecule has 2 aliphatic rings. The van der Waals surface area contributed by atoms with Gasteiger partial charge in [-0.15, -0.1) is 0 Å². The van der Waals surface area contributed by atoms with Crippen molar-refractivity contribution >= 4 is 23.0 Å². The molecule has 2 aromatic rings. The van der Waals surface area contributed by atoms with E-state index in [4.69, 9.17) is 5.73 Å². The minimum absolute atomic E-state index is 0.126. The first-order valence-electron chi connectivity index (χ1n) is 12.0. The molecule has 2 fully saturated rings. The van der Waals surface area contributed by atoms with Crippen molar-refractivity contribution in [2.24, 2.45) is 11.3 Å². The Labute approximate surface area is 193 Å². The first-order chi connectivity index (χ1) is 15.3. The lowest BCUT2D eigenvalue weighted by molar-refractivity contribution is 0.102. The number of hydrogen-bond acceptors (Lipinski definition) is 4. The highest BCUT2D eigenvalue weighted by Crippen LogP contribution is 2.34. The number of anilines is 3. The van der Waals surface area contributed by atoms with Crippen molar-refractivity contribution in [1.29, 1.82) is 0 Å². The third kappa shape index (κ3) is 6.04. The Morgan fingerprint density at radius 2 is 1.69 bits per heavy atom. The average molecular weight is 435 g/mol. The molecular formula is C27H38N4O. The summed E-state index contributed by atoms with van der Waals surface area (Å²) in [7, 11) is 0. The summed E-state index contributed by atoms with van der Waals surface area (Å²) in [6.07, 6.45) is 5.10. The van der Waals surface area contributed by atoms with Gasteiger partial charge < -0.3 is 20.9 Å². The van der Waals surface area contributed by atoms with Crippen molar-refractivity contribution in [3.05, 3.63) is 54.1 Å². The van der Waals surface area contributed by atoms with E-state index >= 15 is 0 Å². The number of hydrogen-bond donors (Lipinski definition) is 2. The van der Waals surface area contributed by atoms with Crippen molar-refractivity contribution in [2.45, 2.75) is 52.5 Å². The van der Waals surface area contributed by atoms with Gasteiger partial charge in [0.05, 0.1) is 11.4 Å². The molecule has 0 atom stereocenters. The molecule has 0 bridgehead atoms. The second kappa shape index (κ2) is 9.53. The Morgan fingerprint density at radius 3 is 2.28 bits per heavy atom. The van der Waals surface area contributed by atoms with Gasteiger partial charge in [-0.05, 0) is 73.4 Å². The van der Waals surface area contributed by atoms with E-state index in [-0.39, 0.29) is 5.91 Å². The predicted molar refractivity (Wildman–Crippen MR) is 134 cm³/mol. The standard InChI is InChI=1S/C27H38N4O/c1-27(2,3)19-30-16-14-23(15-17-30)31(18-20-8-9-20)22-12-10-21(11-13-22)26(32)29-25-7-5-4-6-24(25)28/h4-7,10-13,20,23H,8-9,14-19,28H2,1-3H3,(H,29,32). The maximum Gasteiger partial charge on any atom is 0.255 e. The topological polar surface area (TPSA) is 61.6 Å². The zero-order valence-corrected chi connectivity index (χ0v) is 19.8. The molecule has 0 unspecified atom stereocenters. The van der Waals surface area contributed by atoms with Gasteiger partial charge in [-0.3, -0.25) is 4.79 Å². The molecule has 0 spiro atoms. The maximum atomic E-state index is 12.7. The highest BCUT2D eigenvalue weighted by molar-refractivity contribution is 6.05. The van der Waals surface area contributed by atoms with Crippen molar-refractivity contribution in [1.82, 2.24) is 4.90 Å². The summed E-state index contributed by atoms with van der Waals surface area (Å²) in [4.78, 5) is 17.9. The molecule has 32 heavy (non-hydrogen) atoms. The van der Waals surface area contributed by atoms with Gasteiger partial charge in [0, 0.05) is 43.5 Å². The van der Waals surface area contributed by atoms with Gasteiger partial charge >= 0.3 is 0 Å². The van der Waals surface area contributed by atoms with E-state index < -0.39 is 0 Å². The summed E-state index contributed by atoms with van der Waals surface area (Å²) >= 11 is 0. The summed E-state index contributed by atoms with van der Waals surface area (Å²) < 4.78 is 0. The molecule has 4 rings (SSSR count). The third-order valence-electron chi connectivity index (χ3n) is 6.52. The Morgan fingerprint density at radius 1 is 1.03 bits per heavy atom. The van der Waals surface area contributed by atoms with Crippen LogP contribution in [-0.4, -0.2) is 43.0 Å². The molecule has 0 radical (unpaired) electrons. The van der Waals surface area contributed by atoms with Crippen LogP contribution in [0.1, 0.15) is 56.8 Å². The number of nitrogen functional groups attached to an aromatic ring is 1. The lowest BCUT2D eigenvalue weighted by Crippen LogP contribution is -2.47. The van der Waals surface area contributed by atoms with Gasteiger partial charge in [-0.2, -0.15) is 0 Å². The molecule has 3 N–H and O–H groups in total. The van der Waals surface area contributed by atoms with Crippen LogP contribution >= 0.6 is 0 Å². The van der Waals surface area contributed by atoms with Crippen molar-refractivity contribution in [3.63, 3.8) is 0 Å². The van der Waals surface area contributed by atoms with Crippen LogP contribution in [0, 0.1) is 11.3 Å². The maximum absolute atomic E-state index is 12.7. The first-order valence-corrected chi connectivity index (χ1v) is 12.0. The monoisotopic (exact) mass is 434 g/mol. The van der Waals surface area contributed by atoms with Crippen LogP contribution < -0.4 is 16.0 Å². The van der Waals surface area contributed by atoms with Crippen LogP contribution in [0.3, 0.4) is 0 Å². The van der Waals surface area contributed by atoms with Crippen LogP contribution in [0.4, 0.5) is 17.1 Å². The van der Waals surface area contributed by atoms with E-state index in [2.05, 4.69) is 48.0 Å². The van der Waals surface area contributed by atoms with Crippen molar-refractivity contribution in [2.75, 3.05) is 42.1 Å². The van der Waals surface area contributed by atoms with Crippen LogP contribution in [0.2, 0.25) is 0 Å². The summed E-state index contributed by atoms with van der Waals surface area (Å²) in [6, 6.07) is 16.1. The van der Waals surface area contributed by atoms with Crippen molar-refractivity contribution < 1.29 is 4.79 Å². The molecule has 1 aliphatic carbocycles. The van der Waals surface area contributed by atoms with Crippen LogP contribution in [0.5, 0.6) is 0 Å². The fourth-order valence-corrected chi connectivity index (χ4v) is 4.71. The molecule has 172 valence electrons. The van der Waals surface area contributed by atoms with Gasteiger partial charge in [0.2, 0.25) is 0 Å². The number of piperidine rings is 1. The first kappa shape index (κ1) is 22.7. The molecule has 1 amide bonds. The SMILES string of the molecule is CC(C)(C)CN1CCC(N(CC2CC2)c2ccc(C(=O)Nc3ccccc3N)cc2)CC1. The highest BCUT2D eigenvalue weighted by Gasteiger charge is 2.31. The molecule has 5 heteroatoms. The summed E-state index contributed by atoms with van der Waals surface area (Å²) in [5, 5.41) is 2.92. The Balaban J connectivity index is 1.41. The minimum Gasteiger partial charge on any atom is -0.397 e. The van der Waals surface area contributed by atoms with E-state index in [1.54, 1.807) is 6.07 Å². The third-order valence-corrected chi connectivity index (χ3v) is 6.52. The van der Waals surface area contributed by atoms with E-state index in [1.165, 1.54) is 44.5 Å². The van der Waals surface area contributed by atoms with Crippen LogP contribution in [0.25, 0.3) is 0 Å². The van der Waals surface area contributed by atoms with E-state index in [0.29, 0.717) is 28.4 Å². The second-order valence-corrected chi connectivity index (χ2v) is 10.8. The number of likely N-dealkylation sites (tertiary alicyclic amines) is 1. The Kier molecular flexibility index (Phi) is 6.75. The number of para-hydroxylation sites is 2. The minimum atomic E-state index is -0.126. The molecule has 1 saturated heterocycles. The quantitative estimate of drug-likeness (QED) is 0.585. The largest absolute Gasteiger partial charge is 0.397 e. The van der Waals surface area contributed by atoms with Gasteiger partial charge in [0.1, 0.15) is 0 Å². The molecule has 1 heterocycles. The molecule has 5 nitrogen and oxygen atoms in total. The number of nitrogens with one attached hydrogen (secondary N) is 1. The summed E-state index contributed by atoms with van der Waals surface area (Å²) in [5.74, 6) is 0.699. The molecule has 1 aliphatic heterocycles. The number of carbonyl (C=O) groups excluding carboxylic acids is 1. The highest BCUT2D eigenvalue weighted by atomic mass is 16.1. The van der Waals surface area contributed by atoms with E-state index in [0.717, 1.165) is 19.0 Å². The number of nitrogens with two attached hydrogens (primary N) is 1. The van der Waals surface area contributed by atoms with Crippen molar-refractivity contribution in [3.8, 4) is 0 Å². The van der Waals surface area contributed by atoms with E-state index in [1.807, 2.05) is 30.3 Å². The average Bonchev–Trinajstić information content (AvgIpc) is 3.58. The van der Waals surface area contributed by atoms with Gasteiger partial charge in [-0.25, -0.2) is 0 Å². The number of amides is 1. The molecule has 2 aromatic carbocycles. The molecular weight excluding hydrogens is 396 g/mol. The zero-order chi connectivity index (χ0) is 22.7. The van der Waals surface area contributed by atoms with Gasteiger partial charge in [0.15, 0.2) is 0 Å². The lowest BCUT2D eigenvalue weighted by atomic mass is 9.93. The van der Waals surface area contributed by atoms with Gasteiger partial charge in [-0.1, -0.05) is 32.9 Å². The number of carbonyl (C=O) groups is 1. The summed E-state index contributed by atoms with van der Waals surface area (Å²) in [5.41, 5.74) is 9.43. The Bertz CT molecular complexity index is 906. The fourth-order valence-electron chi connectivity index (χ4n) is 4.71. The predicted octanol–water partition coefficient (Wildman–Crippen LogP) is 5.25. The zero-order valence-electron chi connectivity index (χ0n) is 19.8. The Hall–Kier alpha value is -2.53.